The molecule has 0 aromatic carbocycles. The average Bonchev–Trinajstić information content (AvgIpc) is 3.22. The molecule has 0 spiro atoms. The van der Waals surface area contributed by atoms with Crippen LogP contribution in [0.1, 0.15) is 57.7 Å². The highest BCUT2D eigenvalue weighted by Crippen LogP contribution is 2.51. The van der Waals surface area contributed by atoms with Crippen LogP contribution in [0.5, 0.6) is 0 Å². The Morgan fingerprint density at radius 2 is 2.17 bits per heavy atom. The number of Topliss-reactive ketones (excluding diaryl/α,β-unsaturated/α-hetero) is 1. The molecule has 24 heavy (non-hydrogen) atoms. The molecule has 1 saturated carbocycles. The molecule has 1 atom stereocenters. The molecule has 2 aliphatic carbocycles. The Kier molecular flexibility index (Phi) is 4.61. The summed E-state index contributed by atoms with van der Waals surface area (Å²) in [6.07, 6.45) is 3.86. The summed E-state index contributed by atoms with van der Waals surface area (Å²) in [7, 11) is 0. The van der Waals surface area contributed by atoms with Crippen molar-refractivity contribution in [2.45, 2.75) is 45.1 Å². The van der Waals surface area contributed by atoms with Gasteiger partial charge in [-0.1, -0.05) is 12.8 Å². The van der Waals surface area contributed by atoms with Gasteiger partial charge in [-0.3, -0.25) is 4.79 Å². The van der Waals surface area contributed by atoms with Gasteiger partial charge in [0.25, 0.3) is 0 Å². The number of carboxylic acid groups (broad SMARTS) is 1. The molecule has 0 amide bonds. The number of carboxylic acids is 1. The summed E-state index contributed by atoms with van der Waals surface area (Å²) in [5.74, 6) is -0.843. The van der Waals surface area contributed by atoms with Crippen LogP contribution in [0.3, 0.4) is 0 Å². The van der Waals surface area contributed by atoms with Gasteiger partial charge in [0.05, 0.1) is 17.0 Å². The summed E-state index contributed by atoms with van der Waals surface area (Å²) in [5.41, 5.74) is 5.56. The molecule has 2 aliphatic rings. The SMILES string of the molecule is Nc1sc2c(c1C(=O)O)CCC(CCOC(F)F)(CC1CC1)C2=O. The third-order valence-electron chi connectivity index (χ3n) is 4.99. The zero-order chi connectivity index (χ0) is 17.5. The molecule has 1 heterocycles. The number of aromatic carboxylic acids is 1. The van der Waals surface area contributed by atoms with Gasteiger partial charge in [0.2, 0.25) is 0 Å². The average molecular weight is 359 g/mol. The molecule has 3 N–H and O–H groups in total. The van der Waals surface area contributed by atoms with E-state index in [0.29, 0.717) is 35.6 Å². The van der Waals surface area contributed by atoms with Crippen LogP contribution in [0.2, 0.25) is 0 Å². The zero-order valence-corrected chi connectivity index (χ0v) is 13.8. The summed E-state index contributed by atoms with van der Waals surface area (Å²) in [5, 5.41) is 9.43. The van der Waals surface area contributed by atoms with Gasteiger partial charge in [0, 0.05) is 5.41 Å². The van der Waals surface area contributed by atoms with Gasteiger partial charge in [0.1, 0.15) is 5.00 Å². The predicted molar refractivity (Wildman–Crippen MR) is 84.7 cm³/mol. The van der Waals surface area contributed by atoms with Crippen LogP contribution >= 0.6 is 11.3 Å². The Morgan fingerprint density at radius 3 is 2.75 bits per heavy atom. The third-order valence-corrected chi connectivity index (χ3v) is 6.05. The maximum Gasteiger partial charge on any atom is 0.345 e. The van der Waals surface area contributed by atoms with Crippen LogP contribution < -0.4 is 5.73 Å². The summed E-state index contributed by atoms with van der Waals surface area (Å²) in [4.78, 5) is 24.8. The topological polar surface area (TPSA) is 89.6 Å². The Hall–Kier alpha value is -1.54. The van der Waals surface area contributed by atoms with E-state index in [9.17, 15) is 23.5 Å². The number of alkyl halides is 2. The highest BCUT2D eigenvalue weighted by Gasteiger charge is 2.47. The largest absolute Gasteiger partial charge is 0.478 e. The maximum atomic E-state index is 13.1. The Bertz CT molecular complexity index is 671. The summed E-state index contributed by atoms with van der Waals surface area (Å²) in [6, 6.07) is 0. The number of nitrogen functional groups attached to an aromatic ring is 1. The van der Waals surface area contributed by atoms with Crippen molar-refractivity contribution >= 4 is 28.1 Å². The molecule has 0 radical (unpaired) electrons. The van der Waals surface area contributed by atoms with Crippen molar-refractivity contribution in [2.24, 2.45) is 11.3 Å². The van der Waals surface area contributed by atoms with Gasteiger partial charge in [-0.25, -0.2) is 4.79 Å². The van der Waals surface area contributed by atoms with E-state index in [4.69, 9.17) is 5.73 Å². The number of fused-ring (bicyclic) bond motifs is 1. The van der Waals surface area contributed by atoms with Gasteiger partial charge in [-0.15, -0.1) is 11.3 Å². The molecule has 5 nitrogen and oxygen atoms in total. The third kappa shape index (κ3) is 3.17. The van der Waals surface area contributed by atoms with Crippen molar-refractivity contribution in [3.05, 3.63) is 16.0 Å². The summed E-state index contributed by atoms with van der Waals surface area (Å²) >= 11 is 1.00. The highest BCUT2D eigenvalue weighted by molar-refractivity contribution is 7.18. The number of halogens is 2. The van der Waals surface area contributed by atoms with Gasteiger partial charge < -0.3 is 15.6 Å². The van der Waals surface area contributed by atoms with Crippen molar-refractivity contribution in [2.75, 3.05) is 12.3 Å². The lowest BCUT2D eigenvalue weighted by Crippen LogP contribution is -2.37. The van der Waals surface area contributed by atoms with Crippen LogP contribution in [0.25, 0.3) is 0 Å². The lowest BCUT2D eigenvalue weighted by Gasteiger charge is -2.36. The molecule has 1 unspecified atom stereocenters. The van der Waals surface area contributed by atoms with Crippen LogP contribution in [0.15, 0.2) is 0 Å². The van der Waals surface area contributed by atoms with Crippen molar-refractivity contribution in [3.63, 3.8) is 0 Å². The number of ketones is 1. The molecule has 0 aliphatic heterocycles. The molecule has 8 heteroatoms. The number of carbonyl (C=O) groups excluding carboxylic acids is 1. The van der Waals surface area contributed by atoms with Gasteiger partial charge in [0.15, 0.2) is 5.78 Å². The summed E-state index contributed by atoms with van der Waals surface area (Å²) < 4.78 is 28.9. The molecule has 0 saturated heterocycles. The van der Waals surface area contributed by atoms with Gasteiger partial charge >= 0.3 is 12.6 Å². The Morgan fingerprint density at radius 1 is 1.46 bits per heavy atom. The predicted octanol–water partition coefficient (Wildman–Crippen LogP) is 3.57. The van der Waals surface area contributed by atoms with E-state index in [1.54, 1.807) is 0 Å². The first-order valence-electron chi connectivity index (χ1n) is 7.93. The minimum atomic E-state index is -2.85. The molecule has 1 aromatic rings. The number of nitrogens with two attached hydrogens (primary N) is 1. The molecular formula is C16H19F2NO4S. The van der Waals surface area contributed by atoms with Crippen molar-refractivity contribution < 1.29 is 28.2 Å². The quantitative estimate of drug-likeness (QED) is 0.777. The molecule has 0 bridgehead atoms. The van der Waals surface area contributed by atoms with Crippen LogP contribution in [0.4, 0.5) is 13.8 Å². The fourth-order valence-electron chi connectivity index (χ4n) is 3.61. The first-order chi connectivity index (χ1) is 11.3. The maximum absolute atomic E-state index is 13.1. The fraction of sp³-hybridized carbons (Fsp3) is 0.625. The lowest BCUT2D eigenvalue weighted by molar-refractivity contribution is -0.133. The van der Waals surface area contributed by atoms with Crippen LogP contribution in [-0.4, -0.2) is 30.1 Å². The molecule has 1 aromatic heterocycles. The van der Waals surface area contributed by atoms with E-state index in [0.717, 1.165) is 24.2 Å². The van der Waals surface area contributed by atoms with Gasteiger partial charge in [-0.05, 0) is 37.2 Å². The number of hydrogen-bond donors (Lipinski definition) is 2. The molecule has 132 valence electrons. The van der Waals surface area contributed by atoms with Crippen molar-refractivity contribution in [3.8, 4) is 0 Å². The Balaban J connectivity index is 1.89. The van der Waals surface area contributed by atoms with E-state index >= 15 is 0 Å². The number of rotatable bonds is 7. The molecule has 3 rings (SSSR count). The number of hydrogen-bond acceptors (Lipinski definition) is 5. The smallest absolute Gasteiger partial charge is 0.345 e. The fourth-order valence-corrected chi connectivity index (χ4v) is 4.78. The second-order valence-corrected chi connectivity index (χ2v) is 7.64. The van der Waals surface area contributed by atoms with Crippen molar-refractivity contribution in [1.82, 2.24) is 0 Å². The van der Waals surface area contributed by atoms with Crippen LogP contribution in [-0.2, 0) is 11.2 Å². The van der Waals surface area contributed by atoms with E-state index in [2.05, 4.69) is 4.74 Å². The first kappa shape index (κ1) is 17.3. The van der Waals surface area contributed by atoms with E-state index in [1.807, 2.05) is 0 Å². The normalized spacial score (nSPS) is 23.5. The molecule has 1 fully saturated rings. The molecular weight excluding hydrogens is 340 g/mol. The number of anilines is 1. The lowest BCUT2D eigenvalue weighted by atomic mass is 9.67. The summed E-state index contributed by atoms with van der Waals surface area (Å²) in [6.45, 7) is -3.04. The van der Waals surface area contributed by atoms with Gasteiger partial charge in [-0.2, -0.15) is 8.78 Å². The number of ether oxygens (including phenoxy) is 1. The van der Waals surface area contributed by atoms with E-state index < -0.39 is 18.0 Å². The second-order valence-electron chi connectivity index (χ2n) is 6.59. The van der Waals surface area contributed by atoms with E-state index in [1.165, 1.54) is 0 Å². The standard InChI is InChI=1S/C16H19F2NO4S/c17-15(18)23-6-5-16(7-8-1-2-8)4-3-9-10(14(21)22)13(19)24-11(9)12(16)20/h8,15H,1-7,19H2,(H,21,22). The first-order valence-corrected chi connectivity index (χ1v) is 8.75. The second kappa shape index (κ2) is 6.40. The monoisotopic (exact) mass is 359 g/mol. The van der Waals surface area contributed by atoms with Crippen molar-refractivity contribution in [1.29, 1.82) is 0 Å². The highest BCUT2D eigenvalue weighted by atomic mass is 32.1. The minimum absolute atomic E-state index is 0.0206. The Labute approximate surface area is 141 Å². The number of carbonyl (C=O) groups is 2. The van der Waals surface area contributed by atoms with E-state index in [-0.39, 0.29) is 29.4 Å². The minimum Gasteiger partial charge on any atom is -0.478 e. The number of thiophene rings is 1. The zero-order valence-electron chi connectivity index (χ0n) is 13.0. The van der Waals surface area contributed by atoms with Crippen LogP contribution in [0, 0.1) is 11.3 Å².